The van der Waals surface area contributed by atoms with Crippen molar-refractivity contribution in [3.8, 4) is 32.4 Å². The molecule has 0 atom stereocenters. The van der Waals surface area contributed by atoms with Crippen LogP contribution in [0, 0.1) is 0 Å². The molecule has 3 heteroatoms. The van der Waals surface area contributed by atoms with E-state index in [2.05, 4.69) is 0 Å². The summed E-state index contributed by atoms with van der Waals surface area (Å²) in [6, 6.07) is 19.6. The third kappa shape index (κ3) is 2.40. The summed E-state index contributed by atoms with van der Waals surface area (Å²) in [6.07, 6.45) is 0. The van der Waals surface area contributed by atoms with Crippen LogP contribution in [0.1, 0.15) is 0 Å². The molecule has 20 heavy (non-hydrogen) atoms. The monoisotopic (exact) mass is 282 g/mol. The maximum absolute atomic E-state index is 10.2. The highest BCUT2D eigenvalue weighted by atomic mass is 32.1. The Balaban J connectivity index is 2.00. The molecule has 0 amide bonds. The first-order valence-electron chi connectivity index (χ1n) is 6.30. The van der Waals surface area contributed by atoms with Gasteiger partial charge >= 0.3 is 0 Å². The van der Waals surface area contributed by atoms with E-state index in [0.717, 1.165) is 26.6 Å². The van der Waals surface area contributed by atoms with E-state index in [0.29, 0.717) is 5.75 Å². The lowest BCUT2D eigenvalue weighted by atomic mass is 10.1. The van der Waals surface area contributed by atoms with Gasteiger partial charge in [0.1, 0.15) is 11.5 Å². The molecule has 1 N–H and O–H groups in total. The fourth-order valence-corrected chi connectivity index (χ4v) is 3.14. The number of hydrogen-bond acceptors (Lipinski definition) is 3. The van der Waals surface area contributed by atoms with Crippen LogP contribution in [0.5, 0.6) is 11.5 Å². The minimum atomic E-state index is 0.319. The first-order chi connectivity index (χ1) is 9.78. The molecule has 0 aliphatic carbocycles. The van der Waals surface area contributed by atoms with E-state index in [1.165, 1.54) is 0 Å². The predicted octanol–water partition coefficient (Wildman–Crippen LogP) is 4.80. The van der Waals surface area contributed by atoms with Gasteiger partial charge in [0.15, 0.2) is 0 Å². The zero-order valence-corrected chi connectivity index (χ0v) is 11.9. The molecule has 3 rings (SSSR count). The van der Waals surface area contributed by atoms with Gasteiger partial charge in [0.05, 0.1) is 12.0 Å². The molecule has 1 heterocycles. The Bertz CT molecular complexity index is 700. The van der Waals surface area contributed by atoms with Gasteiger partial charge in [0.2, 0.25) is 0 Å². The highest BCUT2D eigenvalue weighted by molar-refractivity contribution is 7.19. The molecule has 100 valence electrons. The van der Waals surface area contributed by atoms with Crippen molar-refractivity contribution in [2.45, 2.75) is 0 Å². The molecule has 2 nitrogen and oxygen atoms in total. The van der Waals surface area contributed by atoms with E-state index < -0.39 is 0 Å². The van der Waals surface area contributed by atoms with Crippen molar-refractivity contribution in [1.29, 1.82) is 0 Å². The maximum atomic E-state index is 10.2. The Kier molecular flexibility index (Phi) is 3.44. The van der Waals surface area contributed by atoms with Crippen LogP contribution in [0.25, 0.3) is 20.9 Å². The van der Waals surface area contributed by atoms with Gasteiger partial charge in [-0.15, -0.1) is 11.3 Å². The van der Waals surface area contributed by atoms with E-state index in [9.17, 15) is 5.11 Å². The smallest absolute Gasteiger partial charge is 0.134 e. The van der Waals surface area contributed by atoms with Gasteiger partial charge in [-0.1, -0.05) is 30.3 Å². The van der Waals surface area contributed by atoms with Gasteiger partial charge < -0.3 is 9.84 Å². The number of aromatic hydroxyl groups is 1. The molecule has 0 saturated carbocycles. The average molecular weight is 282 g/mol. The van der Waals surface area contributed by atoms with Crippen LogP contribution in [0.4, 0.5) is 0 Å². The van der Waals surface area contributed by atoms with Crippen LogP contribution in [0.15, 0.2) is 60.7 Å². The zero-order chi connectivity index (χ0) is 13.9. The predicted molar refractivity (Wildman–Crippen MR) is 83.4 cm³/mol. The Morgan fingerprint density at radius 1 is 0.900 bits per heavy atom. The van der Waals surface area contributed by atoms with Crippen LogP contribution in [0.2, 0.25) is 0 Å². The molecule has 3 aromatic rings. The lowest BCUT2D eigenvalue weighted by Gasteiger charge is -2.01. The van der Waals surface area contributed by atoms with E-state index in [-0.39, 0.29) is 0 Å². The quantitative estimate of drug-likeness (QED) is 0.748. The fraction of sp³-hybridized carbons (Fsp3) is 0.0588. The van der Waals surface area contributed by atoms with Crippen molar-refractivity contribution >= 4 is 11.3 Å². The molecule has 0 fully saturated rings. The summed E-state index contributed by atoms with van der Waals surface area (Å²) >= 11 is 1.59. The molecule has 0 bridgehead atoms. The summed E-state index contributed by atoms with van der Waals surface area (Å²) in [5, 5.41) is 10.2. The molecule has 0 radical (unpaired) electrons. The minimum absolute atomic E-state index is 0.319. The van der Waals surface area contributed by atoms with Gasteiger partial charge in [-0.05, 0) is 41.5 Å². The summed E-state index contributed by atoms with van der Waals surface area (Å²) in [5.41, 5.74) is 2.11. The standard InChI is InChI=1S/C17H14O2S/c1-19-14-9-7-13(8-10-14)17-15(18)11-16(20-17)12-5-3-2-4-6-12/h2-11,18H,1H3. The molecule has 2 aromatic carbocycles. The molecular weight excluding hydrogens is 268 g/mol. The summed E-state index contributed by atoms with van der Waals surface area (Å²) in [5.74, 6) is 1.13. The van der Waals surface area contributed by atoms with Crippen molar-refractivity contribution in [2.24, 2.45) is 0 Å². The van der Waals surface area contributed by atoms with Crippen molar-refractivity contribution in [2.75, 3.05) is 7.11 Å². The third-order valence-electron chi connectivity index (χ3n) is 3.12. The molecule has 0 unspecified atom stereocenters. The molecule has 0 spiro atoms. The topological polar surface area (TPSA) is 29.5 Å². The van der Waals surface area contributed by atoms with Crippen molar-refractivity contribution in [1.82, 2.24) is 0 Å². The Hall–Kier alpha value is -2.26. The van der Waals surface area contributed by atoms with Gasteiger partial charge in [0, 0.05) is 4.88 Å². The first kappa shape index (κ1) is 12.8. The molecule has 1 aromatic heterocycles. The maximum Gasteiger partial charge on any atom is 0.134 e. The highest BCUT2D eigenvalue weighted by Crippen LogP contribution is 2.42. The Labute approximate surface area is 121 Å². The summed E-state index contributed by atoms with van der Waals surface area (Å²) in [6.45, 7) is 0. The number of rotatable bonds is 3. The van der Waals surface area contributed by atoms with Crippen LogP contribution < -0.4 is 4.74 Å². The second kappa shape index (κ2) is 5.39. The number of methoxy groups -OCH3 is 1. The van der Waals surface area contributed by atoms with Crippen molar-refractivity contribution in [3.63, 3.8) is 0 Å². The van der Waals surface area contributed by atoms with Gasteiger partial charge in [-0.3, -0.25) is 0 Å². The minimum Gasteiger partial charge on any atom is -0.506 e. The normalized spacial score (nSPS) is 10.4. The lowest BCUT2D eigenvalue weighted by Crippen LogP contribution is -1.81. The van der Waals surface area contributed by atoms with E-state index >= 15 is 0 Å². The Morgan fingerprint density at radius 2 is 1.60 bits per heavy atom. The summed E-state index contributed by atoms with van der Waals surface area (Å²) in [4.78, 5) is 1.94. The second-order valence-corrected chi connectivity index (χ2v) is 5.47. The van der Waals surface area contributed by atoms with Crippen molar-refractivity contribution in [3.05, 3.63) is 60.7 Å². The van der Waals surface area contributed by atoms with Gasteiger partial charge in [0.25, 0.3) is 0 Å². The van der Waals surface area contributed by atoms with E-state index in [1.807, 2.05) is 60.7 Å². The number of benzene rings is 2. The molecule has 0 saturated heterocycles. The lowest BCUT2D eigenvalue weighted by molar-refractivity contribution is 0.415. The largest absolute Gasteiger partial charge is 0.506 e. The third-order valence-corrected chi connectivity index (χ3v) is 4.35. The number of ether oxygens (including phenoxy) is 1. The average Bonchev–Trinajstić information content (AvgIpc) is 2.90. The van der Waals surface area contributed by atoms with Gasteiger partial charge in [-0.25, -0.2) is 0 Å². The second-order valence-electron chi connectivity index (χ2n) is 4.42. The van der Waals surface area contributed by atoms with Crippen molar-refractivity contribution < 1.29 is 9.84 Å². The number of hydrogen-bond donors (Lipinski definition) is 1. The zero-order valence-electron chi connectivity index (χ0n) is 11.0. The highest BCUT2D eigenvalue weighted by Gasteiger charge is 2.11. The van der Waals surface area contributed by atoms with Crippen LogP contribution in [0.3, 0.4) is 0 Å². The van der Waals surface area contributed by atoms with Crippen LogP contribution in [-0.4, -0.2) is 12.2 Å². The SMILES string of the molecule is COc1ccc(-c2sc(-c3ccccc3)cc2O)cc1. The summed E-state index contributed by atoms with van der Waals surface area (Å²) in [7, 11) is 1.64. The fourth-order valence-electron chi connectivity index (χ4n) is 2.08. The summed E-state index contributed by atoms with van der Waals surface area (Å²) < 4.78 is 5.15. The number of thiophene rings is 1. The van der Waals surface area contributed by atoms with Crippen LogP contribution in [-0.2, 0) is 0 Å². The molecule has 0 aliphatic rings. The first-order valence-corrected chi connectivity index (χ1v) is 7.12. The van der Waals surface area contributed by atoms with E-state index in [1.54, 1.807) is 18.4 Å². The van der Waals surface area contributed by atoms with Crippen LogP contribution >= 0.6 is 11.3 Å². The van der Waals surface area contributed by atoms with E-state index in [4.69, 9.17) is 4.74 Å². The molecule has 0 aliphatic heterocycles. The van der Waals surface area contributed by atoms with Gasteiger partial charge in [-0.2, -0.15) is 0 Å². The molecular formula is C17H14O2S. The Morgan fingerprint density at radius 3 is 2.25 bits per heavy atom.